The standard InChI is InChI=1S/C32H49N3O5Si/c1-21(2)9-7-10-22(3)14-17-35-27-13-12-25(34-30(37)24-11-8-16-33-20-24)19-26(27)32(31(35)38)23(4)29(41(5,6)39)28(40-32)15-18-36/h9,12-14,19,23-24,28-29,33,36,39H,7-8,10-11,15-18,20H2,1-6H3,(H,34,37)/b22-14+/t23-,24?,28+,29-,32+/m0/s1. The number of carbonyl (C=O) groups excluding carboxylic acids is 2. The molecule has 0 bridgehead atoms. The molecule has 1 aromatic carbocycles. The number of carbonyl (C=O) groups is 2. The van der Waals surface area contributed by atoms with Crippen molar-refractivity contribution < 1.29 is 24.2 Å². The summed E-state index contributed by atoms with van der Waals surface area (Å²) in [6.07, 6.45) is 7.94. The number of fused-ring (bicyclic) bond motifs is 2. The Labute approximate surface area is 246 Å². The summed E-state index contributed by atoms with van der Waals surface area (Å²) in [5, 5.41) is 16.2. The lowest BCUT2D eigenvalue weighted by Gasteiger charge is -2.32. The number of ether oxygens (including phenoxy) is 1. The minimum atomic E-state index is -2.78. The number of hydrogen-bond donors (Lipinski definition) is 4. The molecule has 3 aliphatic heterocycles. The van der Waals surface area contributed by atoms with Gasteiger partial charge in [-0.3, -0.25) is 9.59 Å². The van der Waals surface area contributed by atoms with E-state index in [1.165, 1.54) is 11.1 Å². The van der Waals surface area contributed by atoms with Crippen LogP contribution in [0.15, 0.2) is 41.5 Å². The molecule has 226 valence electrons. The average Bonchev–Trinajstić information content (AvgIpc) is 3.34. The van der Waals surface area contributed by atoms with Gasteiger partial charge in [-0.05, 0) is 90.7 Å². The lowest BCUT2D eigenvalue weighted by molar-refractivity contribution is -0.146. The SMILES string of the molecule is CC(C)=CCC/C(C)=C/CN1C(=O)[C@]2(O[C@H](CCO)[C@@H]([Si](C)(C)O)[C@@H]2C)c2cc(NC(=O)C3CCCNC3)ccc21. The summed E-state index contributed by atoms with van der Waals surface area (Å²) in [7, 11) is -2.78. The second kappa shape index (κ2) is 12.9. The lowest BCUT2D eigenvalue weighted by Crippen LogP contribution is -2.46. The second-order valence-corrected chi connectivity index (χ2v) is 16.9. The minimum absolute atomic E-state index is 0.0253. The zero-order valence-electron chi connectivity index (χ0n) is 25.6. The van der Waals surface area contributed by atoms with Gasteiger partial charge in [0.15, 0.2) is 13.9 Å². The molecule has 0 aromatic heterocycles. The van der Waals surface area contributed by atoms with Crippen molar-refractivity contribution in [2.75, 3.05) is 36.5 Å². The van der Waals surface area contributed by atoms with Crippen LogP contribution in [0.4, 0.5) is 11.4 Å². The highest BCUT2D eigenvalue weighted by Gasteiger charge is 2.66. The highest BCUT2D eigenvalue weighted by atomic mass is 28.4. The first kappa shape index (κ1) is 31.6. The molecule has 1 aromatic rings. The fourth-order valence-electron chi connectivity index (χ4n) is 6.99. The second-order valence-electron chi connectivity index (χ2n) is 12.9. The minimum Gasteiger partial charge on any atom is -0.432 e. The Morgan fingerprint density at radius 1 is 1.27 bits per heavy atom. The van der Waals surface area contributed by atoms with Gasteiger partial charge in [-0.15, -0.1) is 0 Å². The van der Waals surface area contributed by atoms with Crippen LogP contribution in [0.1, 0.15) is 65.4 Å². The largest absolute Gasteiger partial charge is 0.432 e. The van der Waals surface area contributed by atoms with E-state index in [0.717, 1.165) is 43.5 Å². The normalized spacial score (nSPS) is 28.2. The molecule has 4 N–H and O–H groups in total. The van der Waals surface area contributed by atoms with Crippen LogP contribution in [-0.2, 0) is 19.9 Å². The van der Waals surface area contributed by atoms with Gasteiger partial charge in [-0.2, -0.15) is 0 Å². The Morgan fingerprint density at radius 2 is 2.02 bits per heavy atom. The van der Waals surface area contributed by atoms with Crippen LogP contribution in [0.5, 0.6) is 0 Å². The predicted molar refractivity (Wildman–Crippen MR) is 166 cm³/mol. The van der Waals surface area contributed by atoms with Gasteiger partial charge in [0.05, 0.1) is 17.7 Å². The van der Waals surface area contributed by atoms with Gasteiger partial charge < -0.3 is 30.2 Å². The highest BCUT2D eigenvalue weighted by molar-refractivity contribution is 6.71. The number of nitrogens with zero attached hydrogens (tertiary/aromatic N) is 1. The van der Waals surface area contributed by atoms with E-state index in [1.54, 1.807) is 4.90 Å². The van der Waals surface area contributed by atoms with Crippen LogP contribution in [0.2, 0.25) is 18.6 Å². The molecule has 0 radical (unpaired) electrons. The van der Waals surface area contributed by atoms with Gasteiger partial charge in [0, 0.05) is 42.4 Å². The van der Waals surface area contributed by atoms with Gasteiger partial charge in [0.1, 0.15) is 0 Å². The highest BCUT2D eigenvalue weighted by Crippen LogP contribution is 2.59. The van der Waals surface area contributed by atoms with E-state index < -0.39 is 20.0 Å². The maximum atomic E-state index is 14.5. The third-order valence-corrected chi connectivity index (χ3v) is 11.5. The van der Waals surface area contributed by atoms with Crippen molar-refractivity contribution in [2.24, 2.45) is 11.8 Å². The molecule has 41 heavy (non-hydrogen) atoms. The summed E-state index contributed by atoms with van der Waals surface area (Å²) in [5.74, 6) is -0.567. The fraction of sp³-hybridized carbons (Fsp3) is 0.625. The molecule has 9 heteroatoms. The van der Waals surface area contributed by atoms with Gasteiger partial charge in [0.2, 0.25) is 5.91 Å². The van der Waals surface area contributed by atoms with Crippen LogP contribution in [0, 0.1) is 11.8 Å². The van der Waals surface area contributed by atoms with Crippen molar-refractivity contribution in [1.29, 1.82) is 0 Å². The number of anilines is 2. The zero-order valence-corrected chi connectivity index (χ0v) is 26.6. The molecule has 0 saturated carbocycles. The molecule has 3 heterocycles. The third kappa shape index (κ3) is 6.54. The predicted octanol–water partition coefficient (Wildman–Crippen LogP) is 4.84. The molecular formula is C32H49N3O5Si. The summed E-state index contributed by atoms with van der Waals surface area (Å²) in [6, 6.07) is 5.67. The summed E-state index contributed by atoms with van der Waals surface area (Å²) in [6.45, 7) is 14.0. The molecule has 1 unspecified atom stereocenters. The molecule has 1 spiro atoms. The summed E-state index contributed by atoms with van der Waals surface area (Å²) < 4.78 is 6.72. The molecule has 4 rings (SSSR count). The number of benzene rings is 1. The quantitative estimate of drug-likeness (QED) is 0.232. The number of hydrogen-bond acceptors (Lipinski definition) is 6. The third-order valence-electron chi connectivity index (χ3n) is 9.05. The lowest BCUT2D eigenvalue weighted by atomic mass is 9.82. The molecule has 2 saturated heterocycles. The van der Waals surface area contributed by atoms with E-state index in [1.807, 2.05) is 38.2 Å². The van der Waals surface area contributed by atoms with Crippen LogP contribution in [0.3, 0.4) is 0 Å². The van der Waals surface area contributed by atoms with Crippen molar-refractivity contribution >= 4 is 31.5 Å². The maximum Gasteiger partial charge on any atom is 0.264 e. The van der Waals surface area contributed by atoms with Crippen LogP contribution >= 0.6 is 0 Å². The Morgan fingerprint density at radius 3 is 2.66 bits per heavy atom. The monoisotopic (exact) mass is 583 g/mol. The Balaban J connectivity index is 1.71. The van der Waals surface area contributed by atoms with Crippen LogP contribution in [-0.4, -0.2) is 62.4 Å². The van der Waals surface area contributed by atoms with Gasteiger partial charge in [-0.1, -0.05) is 30.2 Å². The van der Waals surface area contributed by atoms with Crippen LogP contribution in [0.25, 0.3) is 0 Å². The van der Waals surface area contributed by atoms with Crippen molar-refractivity contribution in [3.8, 4) is 0 Å². The average molecular weight is 584 g/mol. The molecule has 3 aliphatic rings. The van der Waals surface area contributed by atoms with Crippen molar-refractivity contribution in [1.82, 2.24) is 5.32 Å². The maximum absolute atomic E-state index is 14.5. The molecular weight excluding hydrogens is 534 g/mol. The van der Waals surface area contributed by atoms with E-state index in [-0.39, 0.29) is 35.8 Å². The summed E-state index contributed by atoms with van der Waals surface area (Å²) in [5.41, 5.74) is 3.12. The summed E-state index contributed by atoms with van der Waals surface area (Å²) >= 11 is 0. The van der Waals surface area contributed by atoms with Crippen molar-refractivity contribution in [2.45, 2.75) is 90.1 Å². The molecule has 5 atom stereocenters. The first-order valence-electron chi connectivity index (χ1n) is 15.2. The number of amides is 2. The van der Waals surface area contributed by atoms with E-state index in [4.69, 9.17) is 4.74 Å². The summed E-state index contributed by atoms with van der Waals surface area (Å²) in [4.78, 5) is 40.6. The molecule has 2 fully saturated rings. The van der Waals surface area contributed by atoms with E-state index in [0.29, 0.717) is 25.2 Å². The first-order valence-corrected chi connectivity index (χ1v) is 18.2. The van der Waals surface area contributed by atoms with Gasteiger partial charge in [0.25, 0.3) is 5.91 Å². The van der Waals surface area contributed by atoms with Crippen LogP contribution < -0.4 is 15.5 Å². The Kier molecular flexibility index (Phi) is 9.96. The van der Waals surface area contributed by atoms with E-state index in [2.05, 4.69) is 43.6 Å². The number of nitrogens with one attached hydrogen (secondary N) is 2. The number of aliphatic hydroxyl groups excluding tert-OH is 1. The molecule has 8 nitrogen and oxygen atoms in total. The number of rotatable bonds is 10. The van der Waals surface area contributed by atoms with E-state index >= 15 is 0 Å². The molecule has 0 aliphatic carbocycles. The smallest absolute Gasteiger partial charge is 0.264 e. The zero-order chi connectivity index (χ0) is 29.9. The fourth-order valence-corrected chi connectivity index (χ4v) is 9.59. The van der Waals surface area contributed by atoms with E-state index in [9.17, 15) is 19.5 Å². The Bertz CT molecular complexity index is 1180. The molecule has 2 amide bonds. The van der Waals surface area contributed by atoms with Crippen molar-refractivity contribution in [3.05, 3.63) is 47.1 Å². The van der Waals surface area contributed by atoms with Gasteiger partial charge >= 0.3 is 0 Å². The number of aliphatic hydroxyl groups is 1. The number of piperidine rings is 1. The first-order chi connectivity index (χ1) is 19.4. The topological polar surface area (TPSA) is 111 Å². The number of allylic oxidation sites excluding steroid dienone is 3. The van der Waals surface area contributed by atoms with Gasteiger partial charge in [-0.25, -0.2) is 0 Å². The van der Waals surface area contributed by atoms with Crippen molar-refractivity contribution in [3.63, 3.8) is 0 Å². The Hall–Kier alpha value is -2.30.